The monoisotopic (exact) mass is 184 g/mol. The van der Waals surface area contributed by atoms with Gasteiger partial charge in [-0.05, 0) is 6.92 Å². The van der Waals surface area contributed by atoms with Crippen molar-refractivity contribution in [1.29, 1.82) is 0 Å². The molecule has 62 valence electrons. The van der Waals surface area contributed by atoms with Crippen molar-refractivity contribution < 1.29 is 17.6 Å². The molecule has 0 fully saturated rings. The Morgan fingerprint density at radius 1 is 1.09 bits per heavy atom. The van der Waals surface area contributed by atoms with Crippen LogP contribution in [0.25, 0.3) is 0 Å². The lowest BCUT2D eigenvalue weighted by molar-refractivity contribution is 0.462. The first-order valence-electron chi connectivity index (χ1n) is 2.81. The van der Waals surface area contributed by atoms with Crippen LogP contribution in [-0.2, 0) is 0 Å². The van der Waals surface area contributed by atoms with Crippen molar-refractivity contribution in [2.45, 2.75) is 12.2 Å². The molecule has 1 aliphatic rings. The Labute approximate surface area is 65.0 Å². The summed E-state index contributed by atoms with van der Waals surface area (Å²) in [6.45, 7) is 1.26. The van der Waals surface area contributed by atoms with E-state index in [4.69, 9.17) is 0 Å². The van der Waals surface area contributed by atoms with Gasteiger partial charge in [0.05, 0.1) is 5.25 Å². The normalized spacial score (nSPS) is 26.5. The van der Waals surface area contributed by atoms with Crippen LogP contribution in [0.2, 0.25) is 0 Å². The van der Waals surface area contributed by atoms with E-state index in [1.807, 2.05) is 0 Å². The highest BCUT2D eigenvalue weighted by Gasteiger charge is 2.28. The minimum atomic E-state index is -1.73. The van der Waals surface area contributed by atoms with Crippen LogP contribution in [0.3, 0.4) is 0 Å². The second-order valence-electron chi connectivity index (χ2n) is 2.01. The van der Waals surface area contributed by atoms with Crippen molar-refractivity contribution >= 4 is 11.8 Å². The number of hydrogen-bond acceptors (Lipinski definition) is 1. The Hall–Kier alpha value is -0.450. The Bertz CT molecular complexity index is 243. The second kappa shape index (κ2) is 2.89. The molecule has 1 aliphatic heterocycles. The summed E-state index contributed by atoms with van der Waals surface area (Å²) >= 11 is 0.326. The lowest BCUT2D eigenvalue weighted by atomic mass is 10.3. The van der Waals surface area contributed by atoms with Gasteiger partial charge in [0.1, 0.15) is 0 Å². The van der Waals surface area contributed by atoms with Crippen molar-refractivity contribution in [3.63, 3.8) is 0 Å². The topological polar surface area (TPSA) is 0 Å². The predicted molar refractivity (Wildman–Crippen MR) is 35.5 cm³/mol. The molecule has 0 spiro atoms. The van der Waals surface area contributed by atoms with E-state index >= 15 is 0 Å². The molecule has 0 aliphatic carbocycles. The first-order chi connectivity index (χ1) is 5.04. The van der Waals surface area contributed by atoms with Gasteiger partial charge in [0.25, 0.3) is 0 Å². The van der Waals surface area contributed by atoms with Gasteiger partial charge < -0.3 is 0 Å². The zero-order chi connectivity index (χ0) is 8.59. The van der Waals surface area contributed by atoms with E-state index in [9.17, 15) is 17.6 Å². The third kappa shape index (κ3) is 1.42. The van der Waals surface area contributed by atoms with Crippen LogP contribution in [0, 0.1) is 0 Å². The fraction of sp³-hybridized carbons (Fsp3) is 0.333. The van der Waals surface area contributed by atoms with E-state index in [1.165, 1.54) is 6.92 Å². The molecule has 1 rings (SSSR count). The lowest BCUT2D eigenvalue weighted by Gasteiger charge is -2.12. The van der Waals surface area contributed by atoms with Gasteiger partial charge in [-0.1, -0.05) is 11.8 Å². The molecule has 1 unspecified atom stereocenters. The maximum atomic E-state index is 12.4. The quantitative estimate of drug-likeness (QED) is 0.520. The first kappa shape index (κ1) is 8.64. The molecule has 0 aromatic rings. The zero-order valence-electron chi connectivity index (χ0n) is 5.50. The van der Waals surface area contributed by atoms with Crippen molar-refractivity contribution in [1.82, 2.24) is 0 Å². The fourth-order valence-electron chi connectivity index (χ4n) is 0.628. The number of rotatable bonds is 0. The average Bonchev–Trinajstić information content (AvgIpc) is 1.97. The van der Waals surface area contributed by atoms with Crippen LogP contribution in [-0.4, -0.2) is 5.25 Å². The highest BCUT2D eigenvalue weighted by atomic mass is 32.2. The van der Waals surface area contributed by atoms with E-state index < -0.39 is 27.9 Å². The van der Waals surface area contributed by atoms with Crippen LogP contribution in [0.4, 0.5) is 17.6 Å². The first-order valence-corrected chi connectivity index (χ1v) is 3.69. The highest BCUT2D eigenvalue weighted by molar-refractivity contribution is 8.03. The summed E-state index contributed by atoms with van der Waals surface area (Å²) in [6.07, 6.45) is 0. The summed E-state index contributed by atoms with van der Waals surface area (Å²) in [5, 5.41) is -2.27. The summed E-state index contributed by atoms with van der Waals surface area (Å²) in [5.74, 6) is -4.69. The molecular formula is C6H4F4S. The van der Waals surface area contributed by atoms with E-state index in [2.05, 4.69) is 0 Å². The van der Waals surface area contributed by atoms with Crippen LogP contribution in [0.5, 0.6) is 0 Å². The Morgan fingerprint density at radius 3 is 2.18 bits per heavy atom. The van der Waals surface area contributed by atoms with E-state index in [0.717, 1.165) is 0 Å². The average molecular weight is 184 g/mol. The van der Waals surface area contributed by atoms with E-state index in [-0.39, 0.29) is 0 Å². The standard InChI is InChI=1S/C6H4F4S/c1-2-3(7)4(8)5(9)6(10)11-2/h2H,1H3. The van der Waals surface area contributed by atoms with Gasteiger partial charge in [-0.25, -0.2) is 8.78 Å². The zero-order valence-corrected chi connectivity index (χ0v) is 6.31. The van der Waals surface area contributed by atoms with Crippen molar-refractivity contribution in [3.05, 3.63) is 22.6 Å². The summed E-state index contributed by atoms with van der Waals surface area (Å²) in [4.78, 5) is 0. The lowest BCUT2D eigenvalue weighted by Crippen LogP contribution is -2.04. The molecule has 0 nitrogen and oxygen atoms in total. The molecular weight excluding hydrogens is 180 g/mol. The van der Waals surface area contributed by atoms with Crippen LogP contribution < -0.4 is 0 Å². The van der Waals surface area contributed by atoms with E-state index in [1.54, 1.807) is 0 Å². The molecule has 5 heteroatoms. The minimum Gasteiger partial charge on any atom is -0.207 e. The van der Waals surface area contributed by atoms with Crippen molar-refractivity contribution in [2.75, 3.05) is 0 Å². The van der Waals surface area contributed by atoms with Gasteiger partial charge in [0, 0.05) is 0 Å². The second-order valence-corrected chi connectivity index (χ2v) is 3.31. The SMILES string of the molecule is CC1SC(F)=C(F)C(F)=C1F. The fourth-order valence-corrected chi connectivity index (χ4v) is 1.34. The molecule has 0 radical (unpaired) electrons. The van der Waals surface area contributed by atoms with Crippen molar-refractivity contribution in [3.8, 4) is 0 Å². The summed E-state index contributed by atoms with van der Waals surface area (Å²) in [7, 11) is 0. The van der Waals surface area contributed by atoms with Gasteiger partial charge in [-0.2, -0.15) is 8.78 Å². The maximum absolute atomic E-state index is 12.4. The largest absolute Gasteiger partial charge is 0.207 e. The molecule has 0 N–H and O–H groups in total. The molecule has 1 heterocycles. The molecule has 0 saturated heterocycles. The third-order valence-electron chi connectivity index (χ3n) is 1.21. The van der Waals surface area contributed by atoms with Crippen molar-refractivity contribution in [2.24, 2.45) is 0 Å². The third-order valence-corrected chi connectivity index (χ3v) is 2.16. The van der Waals surface area contributed by atoms with Gasteiger partial charge in [-0.15, -0.1) is 0 Å². The van der Waals surface area contributed by atoms with Gasteiger partial charge in [-0.3, -0.25) is 0 Å². The molecule has 0 amide bonds. The Morgan fingerprint density at radius 2 is 1.64 bits per heavy atom. The smallest absolute Gasteiger partial charge is 0.203 e. The predicted octanol–water partition coefficient (Wildman–Crippen LogP) is 3.38. The number of thioether (sulfide) groups is 1. The van der Waals surface area contributed by atoms with Crippen LogP contribution in [0.1, 0.15) is 6.92 Å². The molecule has 0 saturated carbocycles. The van der Waals surface area contributed by atoms with Gasteiger partial charge in [0.2, 0.25) is 5.83 Å². The maximum Gasteiger partial charge on any atom is 0.203 e. The van der Waals surface area contributed by atoms with Crippen LogP contribution >= 0.6 is 11.8 Å². The van der Waals surface area contributed by atoms with Gasteiger partial charge in [0.15, 0.2) is 16.8 Å². The highest BCUT2D eigenvalue weighted by Crippen LogP contribution is 2.41. The molecule has 11 heavy (non-hydrogen) atoms. The summed E-state index contributed by atoms with van der Waals surface area (Å²) in [5.41, 5.74) is 0. The number of hydrogen-bond donors (Lipinski definition) is 0. The Balaban J connectivity index is 3.07. The molecule has 0 bridgehead atoms. The van der Waals surface area contributed by atoms with E-state index in [0.29, 0.717) is 11.8 Å². The number of halogens is 4. The number of allylic oxidation sites excluding steroid dienone is 2. The molecule has 1 atom stereocenters. The van der Waals surface area contributed by atoms with Gasteiger partial charge >= 0.3 is 0 Å². The summed E-state index contributed by atoms with van der Waals surface area (Å²) in [6, 6.07) is 0. The Kier molecular flexibility index (Phi) is 2.27. The van der Waals surface area contributed by atoms with Crippen LogP contribution in [0.15, 0.2) is 22.6 Å². The molecule has 0 aromatic carbocycles. The molecule has 0 aromatic heterocycles. The minimum absolute atomic E-state index is 0.326. The summed E-state index contributed by atoms with van der Waals surface area (Å²) < 4.78 is 49.2.